The largest absolute Gasteiger partial charge is 0.368 e. The van der Waals surface area contributed by atoms with Gasteiger partial charge in [-0.1, -0.05) is 0 Å². The van der Waals surface area contributed by atoms with Gasteiger partial charge in [0.05, 0.1) is 0 Å². The summed E-state index contributed by atoms with van der Waals surface area (Å²) in [7, 11) is 0. The summed E-state index contributed by atoms with van der Waals surface area (Å²) in [5.74, 6) is 0.238. The number of rotatable bonds is 3. The Labute approximate surface area is 121 Å². The molecule has 0 unspecified atom stereocenters. The van der Waals surface area contributed by atoms with Gasteiger partial charge in [0.2, 0.25) is 0 Å². The molecule has 1 aromatic rings. The maximum Gasteiger partial charge on any atom is 0.251 e. The van der Waals surface area contributed by atoms with E-state index in [4.69, 9.17) is 4.74 Å². The zero-order valence-electron chi connectivity index (χ0n) is 11.3. The quantitative estimate of drug-likeness (QED) is 0.797. The van der Waals surface area contributed by atoms with Crippen LogP contribution in [0.1, 0.15) is 35.5 Å². The smallest absolute Gasteiger partial charge is 0.251 e. The van der Waals surface area contributed by atoms with E-state index >= 15 is 0 Å². The molecule has 5 nitrogen and oxygen atoms in total. The molecule has 2 aliphatic heterocycles. The summed E-state index contributed by atoms with van der Waals surface area (Å²) in [4.78, 5) is 30.4. The number of aromatic nitrogens is 1. The molecule has 1 atom stereocenters. The Kier molecular flexibility index (Phi) is 4.12. The van der Waals surface area contributed by atoms with Gasteiger partial charge in [-0.3, -0.25) is 9.59 Å². The average molecular weight is 294 g/mol. The maximum absolute atomic E-state index is 12.2. The van der Waals surface area contributed by atoms with E-state index in [1.165, 1.54) is 11.3 Å². The molecule has 2 saturated heterocycles. The van der Waals surface area contributed by atoms with Gasteiger partial charge in [0.1, 0.15) is 6.10 Å². The molecule has 3 rings (SSSR count). The third-order valence-electron chi connectivity index (χ3n) is 4.03. The highest BCUT2D eigenvalue weighted by molar-refractivity contribution is 7.11. The molecule has 1 aromatic heterocycles. The summed E-state index contributed by atoms with van der Waals surface area (Å²) >= 11 is 1.39. The molecule has 0 N–H and O–H groups in total. The van der Waals surface area contributed by atoms with Crippen LogP contribution in [0.15, 0.2) is 11.6 Å². The van der Waals surface area contributed by atoms with Gasteiger partial charge in [-0.05, 0) is 25.7 Å². The van der Waals surface area contributed by atoms with E-state index in [0.717, 1.165) is 25.7 Å². The van der Waals surface area contributed by atoms with E-state index in [9.17, 15) is 9.59 Å². The Morgan fingerprint density at radius 2 is 2.10 bits per heavy atom. The van der Waals surface area contributed by atoms with Crippen LogP contribution in [0.2, 0.25) is 0 Å². The van der Waals surface area contributed by atoms with Crippen molar-refractivity contribution in [2.45, 2.75) is 31.8 Å². The first kappa shape index (κ1) is 13.7. The number of likely N-dealkylation sites (tertiary alicyclic amines) is 1. The van der Waals surface area contributed by atoms with Crippen molar-refractivity contribution in [1.29, 1.82) is 0 Å². The first-order valence-corrected chi connectivity index (χ1v) is 7.98. The lowest BCUT2D eigenvalue weighted by molar-refractivity contribution is -0.142. The molecule has 0 spiro atoms. The number of amides is 1. The lowest BCUT2D eigenvalue weighted by Gasteiger charge is -2.32. The van der Waals surface area contributed by atoms with Gasteiger partial charge in [-0.25, -0.2) is 4.98 Å². The summed E-state index contributed by atoms with van der Waals surface area (Å²) in [6.07, 6.45) is 4.68. The second-order valence-electron chi connectivity index (χ2n) is 5.30. The van der Waals surface area contributed by atoms with Crippen LogP contribution >= 0.6 is 11.3 Å². The second-order valence-corrected chi connectivity index (χ2v) is 6.20. The fourth-order valence-corrected chi connectivity index (χ4v) is 3.51. The van der Waals surface area contributed by atoms with Crippen LogP contribution < -0.4 is 0 Å². The predicted molar refractivity (Wildman–Crippen MR) is 74.7 cm³/mol. The van der Waals surface area contributed by atoms with Crippen molar-refractivity contribution < 1.29 is 14.3 Å². The van der Waals surface area contributed by atoms with E-state index in [1.54, 1.807) is 6.20 Å². The van der Waals surface area contributed by atoms with Gasteiger partial charge in [-0.2, -0.15) is 0 Å². The fourth-order valence-electron chi connectivity index (χ4n) is 2.86. The van der Waals surface area contributed by atoms with Crippen molar-refractivity contribution in [2.24, 2.45) is 5.92 Å². The number of ketones is 1. The van der Waals surface area contributed by atoms with Crippen molar-refractivity contribution >= 4 is 23.0 Å². The Bertz CT molecular complexity index is 475. The summed E-state index contributed by atoms with van der Waals surface area (Å²) < 4.78 is 5.43. The van der Waals surface area contributed by atoms with Crippen LogP contribution in [-0.2, 0) is 9.53 Å². The molecule has 1 amide bonds. The summed E-state index contributed by atoms with van der Waals surface area (Å²) in [5.41, 5.74) is 0. The van der Waals surface area contributed by atoms with E-state index in [0.29, 0.717) is 24.7 Å². The zero-order chi connectivity index (χ0) is 13.9. The molecule has 2 fully saturated rings. The first-order valence-electron chi connectivity index (χ1n) is 7.10. The molecule has 6 heteroatoms. The van der Waals surface area contributed by atoms with E-state index in [-0.39, 0.29) is 23.7 Å². The highest BCUT2D eigenvalue weighted by Crippen LogP contribution is 2.24. The average Bonchev–Trinajstić information content (AvgIpc) is 3.18. The van der Waals surface area contributed by atoms with Gasteiger partial charge in [0, 0.05) is 37.2 Å². The van der Waals surface area contributed by atoms with Crippen molar-refractivity contribution in [3.63, 3.8) is 0 Å². The van der Waals surface area contributed by atoms with Crippen LogP contribution in [0, 0.1) is 5.92 Å². The number of Topliss-reactive ketones (excluding diaryl/α,β-unsaturated/α-hetero) is 1. The number of hydrogen-bond acceptors (Lipinski definition) is 5. The minimum atomic E-state index is -0.249. The predicted octanol–water partition coefficient (Wildman–Crippen LogP) is 1.74. The third-order valence-corrected chi connectivity index (χ3v) is 4.81. The SMILES string of the molecule is O=C(c1nccs1)C1CCN(C(=O)[C@H]2CCCO2)CC1. The number of carbonyl (C=O) groups is 2. The molecule has 108 valence electrons. The maximum atomic E-state index is 12.2. The molecule has 0 aromatic carbocycles. The number of hydrogen-bond donors (Lipinski definition) is 0. The third kappa shape index (κ3) is 2.76. The molecule has 0 bridgehead atoms. The monoisotopic (exact) mass is 294 g/mol. The lowest BCUT2D eigenvalue weighted by atomic mass is 9.92. The highest BCUT2D eigenvalue weighted by Gasteiger charge is 2.33. The molecule has 0 aliphatic carbocycles. The molecule has 3 heterocycles. The van der Waals surface area contributed by atoms with Crippen LogP contribution in [0.5, 0.6) is 0 Å². The first-order chi connectivity index (χ1) is 9.75. The summed E-state index contributed by atoms with van der Waals surface area (Å²) in [5, 5.41) is 2.41. The number of thiazole rings is 1. The van der Waals surface area contributed by atoms with E-state index in [2.05, 4.69) is 4.98 Å². The fraction of sp³-hybridized carbons (Fsp3) is 0.643. The van der Waals surface area contributed by atoms with Gasteiger partial charge >= 0.3 is 0 Å². The van der Waals surface area contributed by atoms with Crippen molar-refractivity contribution in [1.82, 2.24) is 9.88 Å². The minimum absolute atomic E-state index is 0.00898. The van der Waals surface area contributed by atoms with Gasteiger partial charge in [-0.15, -0.1) is 11.3 Å². The van der Waals surface area contributed by atoms with Gasteiger partial charge in [0.15, 0.2) is 10.8 Å². The molecule has 20 heavy (non-hydrogen) atoms. The Morgan fingerprint density at radius 1 is 1.30 bits per heavy atom. The molecular formula is C14H18N2O3S. The number of nitrogens with zero attached hydrogens (tertiary/aromatic N) is 2. The lowest BCUT2D eigenvalue weighted by Crippen LogP contribution is -2.44. The normalized spacial score (nSPS) is 24.0. The number of ether oxygens (including phenoxy) is 1. The molecule has 0 saturated carbocycles. The Balaban J connectivity index is 1.54. The van der Waals surface area contributed by atoms with E-state index < -0.39 is 0 Å². The van der Waals surface area contributed by atoms with Gasteiger partial charge in [0.25, 0.3) is 5.91 Å². The number of piperidine rings is 1. The van der Waals surface area contributed by atoms with Crippen molar-refractivity contribution in [2.75, 3.05) is 19.7 Å². The Morgan fingerprint density at radius 3 is 2.70 bits per heavy atom. The summed E-state index contributed by atoms with van der Waals surface area (Å²) in [6, 6.07) is 0. The Hall–Kier alpha value is -1.27. The second kappa shape index (κ2) is 6.01. The highest BCUT2D eigenvalue weighted by atomic mass is 32.1. The van der Waals surface area contributed by atoms with E-state index in [1.807, 2.05) is 10.3 Å². The van der Waals surface area contributed by atoms with Crippen molar-refractivity contribution in [3.8, 4) is 0 Å². The van der Waals surface area contributed by atoms with Crippen molar-refractivity contribution in [3.05, 3.63) is 16.6 Å². The van der Waals surface area contributed by atoms with Crippen LogP contribution in [-0.4, -0.2) is 47.4 Å². The van der Waals surface area contributed by atoms with Gasteiger partial charge < -0.3 is 9.64 Å². The topological polar surface area (TPSA) is 59.5 Å². The van der Waals surface area contributed by atoms with Crippen LogP contribution in [0.3, 0.4) is 0 Å². The number of carbonyl (C=O) groups excluding carboxylic acids is 2. The van der Waals surface area contributed by atoms with Crippen LogP contribution in [0.25, 0.3) is 0 Å². The minimum Gasteiger partial charge on any atom is -0.368 e. The van der Waals surface area contributed by atoms with Crippen LogP contribution in [0.4, 0.5) is 0 Å². The molecule has 0 radical (unpaired) electrons. The molecular weight excluding hydrogens is 276 g/mol. The zero-order valence-corrected chi connectivity index (χ0v) is 12.1. The standard InChI is InChI=1S/C14H18N2O3S/c17-12(13-15-5-9-20-13)10-3-6-16(7-4-10)14(18)11-2-1-8-19-11/h5,9-11H,1-4,6-8H2/t11-/m1/s1. The molecule has 2 aliphatic rings. The summed E-state index contributed by atoms with van der Waals surface area (Å²) in [6.45, 7) is 2.00.